The summed E-state index contributed by atoms with van der Waals surface area (Å²) < 4.78 is 0. The van der Waals surface area contributed by atoms with Crippen LogP contribution >= 0.6 is 0 Å². The van der Waals surface area contributed by atoms with Crippen molar-refractivity contribution in [1.29, 1.82) is 0 Å². The van der Waals surface area contributed by atoms with E-state index in [1.54, 1.807) is 0 Å². The van der Waals surface area contributed by atoms with Crippen molar-refractivity contribution in [3.63, 3.8) is 0 Å². The van der Waals surface area contributed by atoms with Crippen molar-refractivity contribution in [2.75, 3.05) is 6.54 Å². The molecule has 23 heavy (non-hydrogen) atoms. The standard InChI is InChI=1S/C20H28N2O/c1-16(2)9-12-20(3,23)15-22-19(17-7-5-4-6-8-17)18-10-13-21-14-11-18/h4-8,10-11,13-14,16,19,22-23H,9,12,15H2,1-3H3. The van der Waals surface area contributed by atoms with Gasteiger partial charge in [0.15, 0.2) is 0 Å². The fourth-order valence-electron chi connectivity index (χ4n) is 2.64. The number of aliphatic hydroxyl groups is 1. The lowest BCUT2D eigenvalue weighted by Gasteiger charge is -2.28. The molecule has 2 rings (SSSR count). The third-order valence-corrected chi connectivity index (χ3v) is 4.12. The normalized spacial score (nSPS) is 15.3. The summed E-state index contributed by atoms with van der Waals surface area (Å²) in [7, 11) is 0. The summed E-state index contributed by atoms with van der Waals surface area (Å²) in [4.78, 5) is 4.10. The van der Waals surface area contributed by atoms with Gasteiger partial charge in [-0.25, -0.2) is 0 Å². The van der Waals surface area contributed by atoms with Gasteiger partial charge in [0, 0.05) is 18.9 Å². The summed E-state index contributed by atoms with van der Waals surface area (Å²) in [5.74, 6) is 0.603. The summed E-state index contributed by atoms with van der Waals surface area (Å²) in [5.41, 5.74) is 1.65. The van der Waals surface area contributed by atoms with E-state index in [0.29, 0.717) is 12.5 Å². The van der Waals surface area contributed by atoms with Gasteiger partial charge >= 0.3 is 0 Å². The molecule has 0 bridgehead atoms. The van der Waals surface area contributed by atoms with Crippen LogP contribution in [0.3, 0.4) is 0 Å². The molecule has 2 unspecified atom stereocenters. The number of rotatable bonds is 8. The smallest absolute Gasteiger partial charge is 0.0744 e. The van der Waals surface area contributed by atoms with Crippen molar-refractivity contribution in [3.8, 4) is 0 Å². The van der Waals surface area contributed by atoms with Gasteiger partial charge in [-0.3, -0.25) is 4.98 Å². The van der Waals surface area contributed by atoms with Gasteiger partial charge in [0.2, 0.25) is 0 Å². The van der Waals surface area contributed by atoms with Crippen LogP contribution in [0.15, 0.2) is 54.9 Å². The fourth-order valence-corrected chi connectivity index (χ4v) is 2.64. The maximum absolute atomic E-state index is 10.6. The van der Waals surface area contributed by atoms with Crippen molar-refractivity contribution in [1.82, 2.24) is 10.3 Å². The third-order valence-electron chi connectivity index (χ3n) is 4.12. The maximum Gasteiger partial charge on any atom is 0.0744 e. The molecule has 0 amide bonds. The monoisotopic (exact) mass is 312 g/mol. The highest BCUT2D eigenvalue weighted by Crippen LogP contribution is 2.23. The molecule has 0 aliphatic carbocycles. The first-order valence-electron chi connectivity index (χ1n) is 8.38. The number of aromatic nitrogens is 1. The van der Waals surface area contributed by atoms with Gasteiger partial charge in [-0.1, -0.05) is 44.2 Å². The minimum atomic E-state index is -0.704. The zero-order valence-electron chi connectivity index (χ0n) is 14.4. The van der Waals surface area contributed by atoms with E-state index in [1.807, 2.05) is 49.6 Å². The number of benzene rings is 1. The lowest BCUT2D eigenvalue weighted by Crippen LogP contribution is -2.40. The van der Waals surface area contributed by atoms with Crippen molar-refractivity contribution in [2.24, 2.45) is 5.92 Å². The summed E-state index contributed by atoms with van der Waals surface area (Å²) in [6.45, 7) is 6.85. The van der Waals surface area contributed by atoms with Gasteiger partial charge < -0.3 is 10.4 Å². The van der Waals surface area contributed by atoms with Crippen LogP contribution < -0.4 is 5.32 Å². The Morgan fingerprint density at radius 2 is 1.65 bits per heavy atom. The van der Waals surface area contributed by atoms with Gasteiger partial charge in [-0.05, 0) is 48.9 Å². The lowest BCUT2D eigenvalue weighted by molar-refractivity contribution is 0.0436. The van der Waals surface area contributed by atoms with Gasteiger partial charge in [-0.15, -0.1) is 0 Å². The SMILES string of the molecule is CC(C)CCC(C)(O)CNC(c1ccccc1)c1ccncc1. The molecule has 0 saturated heterocycles. The van der Waals surface area contributed by atoms with Crippen LogP contribution in [-0.4, -0.2) is 22.2 Å². The third kappa shape index (κ3) is 5.77. The van der Waals surface area contributed by atoms with Gasteiger partial charge in [-0.2, -0.15) is 0 Å². The Morgan fingerprint density at radius 1 is 1.04 bits per heavy atom. The van der Waals surface area contributed by atoms with Crippen LogP contribution in [0, 0.1) is 5.92 Å². The first kappa shape index (κ1) is 17.6. The molecule has 1 aromatic carbocycles. The van der Waals surface area contributed by atoms with E-state index in [9.17, 15) is 5.11 Å². The topological polar surface area (TPSA) is 45.1 Å². The van der Waals surface area contributed by atoms with Crippen LogP contribution in [0.1, 0.15) is 50.8 Å². The lowest BCUT2D eigenvalue weighted by atomic mass is 9.93. The second kappa shape index (κ2) is 8.23. The molecule has 2 atom stereocenters. The average molecular weight is 312 g/mol. The van der Waals surface area contributed by atoms with Gasteiger partial charge in [0.1, 0.15) is 0 Å². The highest BCUT2D eigenvalue weighted by atomic mass is 16.3. The van der Waals surface area contributed by atoms with E-state index in [-0.39, 0.29) is 6.04 Å². The number of nitrogens with zero attached hydrogens (tertiary/aromatic N) is 1. The minimum absolute atomic E-state index is 0.0599. The Bertz CT molecular complexity index is 527. The maximum atomic E-state index is 10.6. The zero-order valence-corrected chi connectivity index (χ0v) is 14.4. The van der Waals surface area contributed by atoms with E-state index >= 15 is 0 Å². The van der Waals surface area contributed by atoms with Crippen molar-refractivity contribution < 1.29 is 5.11 Å². The largest absolute Gasteiger partial charge is 0.389 e. The summed E-state index contributed by atoms with van der Waals surface area (Å²) in [6.07, 6.45) is 5.45. The average Bonchev–Trinajstić information content (AvgIpc) is 2.55. The van der Waals surface area contributed by atoms with Crippen LogP contribution in [0.5, 0.6) is 0 Å². The number of pyridine rings is 1. The van der Waals surface area contributed by atoms with E-state index < -0.39 is 5.60 Å². The van der Waals surface area contributed by atoms with Crippen LogP contribution in [0.25, 0.3) is 0 Å². The quantitative estimate of drug-likeness (QED) is 0.776. The molecule has 2 aromatic rings. The van der Waals surface area contributed by atoms with Crippen LogP contribution in [0.4, 0.5) is 0 Å². The Balaban J connectivity index is 2.10. The molecule has 0 radical (unpaired) electrons. The molecule has 3 nitrogen and oxygen atoms in total. The summed E-state index contributed by atoms with van der Waals surface area (Å²) in [6, 6.07) is 14.4. The number of hydrogen-bond donors (Lipinski definition) is 2. The Labute approximate surface area is 139 Å². The molecule has 0 fully saturated rings. The van der Waals surface area contributed by atoms with E-state index in [0.717, 1.165) is 18.4 Å². The zero-order chi connectivity index (χ0) is 16.7. The Morgan fingerprint density at radius 3 is 2.26 bits per heavy atom. The fraction of sp³-hybridized carbons (Fsp3) is 0.450. The van der Waals surface area contributed by atoms with Crippen LogP contribution in [0.2, 0.25) is 0 Å². The summed E-state index contributed by atoms with van der Waals surface area (Å²) in [5, 5.41) is 14.2. The van der Waals surface area contributed by atoms with Crippen molar-refractivity contribution >= 4 is 0 Å². The van der Waals surface area contributed by atoms with Crippen LogP contribution in [-0.2, 0) is 0 Å². The molecule has 0 aliphatic rings. The summed E-state index contributed by atoms with van der Waals surface area (Å²) >= 11 is 0. The molecule has 0 spiro atoms. The second-order valence-corrected chi connectivity index (χ2v) is 6.93. The molecule has 124 valence electrons. The first-order valence-corrected chi connectivity index (χ1v) is 8.38. The second-order valence-electron chi connectivity index (χ2n) is 6.93. The Hall–Kier alpha value is -1.71. The Kier molecular flexibility index (Phi) is 6.31. The molecular formula is C20H28N2O. The molecule has 1 aromatic heterocycles. The highest BCUT2D eigenvalue weighted by molar-refractivity contribution is 5.30. The van der Waals surface area contributed by atoms with Gasteiger partial charge in [0.05, 0.1) is 11.6 Å². The highest BCUT2D eigenvalue weighted by Gasteiger charge is 2.23. The van der Waals surface area contributed by atoms with E-state index in [2.05, 4.69) is 36.3 Å². The predicted octanol–water partition coefficient (Wildman–Crippen LogP) is 3.95. The minimum Gasteiger partial charge on any atom is -0.389 e. The first-order chi connectivity index (χ1) is 11.0. The van der Waals surface area contributed by atoms with E-state index in [1.165, 1.54) is 5.56 Å². The molecule has 2 N–H and O–H groups in total. The molecule has 0 aliphatic heterocycles. The van der Waals surface area contributed by atoms with E-state index in [4.69, 9.17) is 0 Å². The molecule has 0 saturated carbocycles. The van der Waals surface area contributed by atoms with Crippen molar-refractivity contribution in [2.45, 2.75) is 45.3 Å². The number of hydrogen-bond acceptors (Lipinski definition) is 3. The molecule has 1 heterocycles. The van der Waals surface area contributed by atoms with Gasteiger partial charge in [0.25, 0.3) is 0 Å². The van der Waals surface area contributed by atoms with Crippen molar-refractivity contribution in [3.05, 3.63) is 66.0 Å². The number of nitrogens with one attached hydrogen (secondary N) is 1. The predicted molar refractivity (Wildman–Crippen MR) is 95.2 cm³/mol. The molecular weight excluding hydrogens is 284 g/mol. The molecule has 3 heteroatoms.